The van der Waals surface area contributed by atoms with Crippen LogP contribution in [0.1, 0.15) is 47.9 Å². The van der Waals surface area contributed by atoms with Crippen LogP contribution in [0.2, 0.25) is 5.02 Å². The Bertz CT molecular complexity index is 669. The van der Waals surface area contributed by atoms with Crippen molar-refractivity contribution in [1.29, 1.82) is 0 Å². The minimum absolute atomic E-state index is 0.0591. The van der Waals surface area contributed by atoms with Crippen LogP contribution in [0.3, 0.4) is 0 Å². The van der Waals surface area contributed by atoms with Gasteiger partial charge in [-0.05, 0) is 43.5 Å². The third-order valence-electron chi connectivity index (χ3n) is 3.51. The summed E-state index contributed by atoms with van der Waals surface area (Å²) in [5, 5.41) is 10.0. The first-order chi connectivity index (χ1) is 9.93. The number of aromatic carboxylic acids is 1. The predicted molar refractivity (Wildman–Crippen MR) is 82.9 cm³/mol. The van der Waals surface area contributed by atoms with Crippen molar-refractivity contribution in [3.8, 4) is 11.4 Å². The number of carboxylic acid groups (broad SMARTS) is 1. The normalized spacial score (nSPS) is 12.2. The van der Waals surface area contributed by atoms with E-state index in [0.29, 0.717) is 22.2 Å². The van der Waals surface area contributed by atoms with Gasteiger partial charge < -0.3 is 5.11 Å². The molecule has 0 amide bonds. The summed E-state index contributed by atoms with van der Waals surface area (Å²) in [6.45, 7) is 5.69. The zero-order valence-electron chi connectivity index (χ0n) is 12.2. The fourth-order valence-electron chi connectivity index (χ4n) is 2.14. The van der Waals surface area contributed by atoms with E-state index in [1.807, 2.05) is 26.0 Å². The van der Waals surface area contributed by atoms with E-state index in [1.165, 1.54) is 0 Å². The van der Waals surface area contributed by atoms with Gasteiger partial charge in [-0.15, -0.1) is 0 Å². The molecule has 1 heterocycles. The standard InChI is InChI=1S/C16H17ClN2O2/c1-4-9(2)14-13(16(20)21)10(3)18-15(19-14)11-5-7-12(17)8-6-11/h5-9H,4H2,1-3H3,(H,20,21). The molecule has 0 aliphatic rings. The molecule has 0 spiro atoms. The SMILES string of the molecule is CCC(C)c1nc(-c2ccc(Cl)cc2)nc(C)c1C(=O)O. The maximum atomic E-state index is 11.5. The van der Waals surface area contributed by atoms with Crippen LogP contribution in [0.4, 0.5) is 0 Å². The molecular weight excluding hydrogens is 288 g/mol. The number of hydrogen-bond acceptors (Lipinski definition) is 3. The summed E-state index contributed by atoms with van der Waals surface area (Å²) in [5.74, 6) is -0.390. The molecule has 0 aliphatic heterocycles. The van der Waals surface area contributed by atoms with E-state index < -0.39 is 5.97 Å². The minimum atomic E-state index is -0.981. The van der Waals surface area contributed by atoms with E-state index in [-0.39, 0.29) is 11.5 Å². The number of aryl methyl sites for hydroxylation is 1. The van der Waals surface area contributed by atoms with E-state index >= 15 is 0 Å². The molecule has 4 nitrogen and oxygen atoms in total. The highest BCUT2D eigenvalue weighted by Crippen LogP contribution is 2.26. The molecule has 21 heavy (non-hydrogen) atoms. The van der Waals surface area contributed by atoms with Crippen molar-refractivity contribution in [2.45, 2.75) is 33.1 Å². The van der Waals surface area contributed by atoms with Crippen LogP contribution in [0.25, 0.3) is 11.4 Å². The van der Waals surface area contributed by atoms with Crippen LogP contribution in [0.5, 0.6) is 0 Å². The topological polar surface area (TPSA) is 63.1 Å². The van der Waals surface area contributed by atoms with Crippen LogP contribution in [0.15, 0.2) is 24.3 Å². The lowest BCUT2D eigenvalue weighted by molar-refractivity contribution is 0.0693. The largest absolute Gasteiger partial charge is 0.478 e. The second-order valence-corrected chi connectivity index (χ2v) is 5.45. The first-order valence-electron chi connectivity index (χ1n) is 6.81. The fourth-order valence-corrected chi connectivity index (χ4v) is 2.26. The van der Waals surface area contributed by atoms with Crippen LogP contribution >= 0.6 is 11.6 Å². The molecule has 5 heteroatoms. The Morgan fingerprint density at radius 1 is 1.29 bits per heavy atom. The fraction of sp³-hybridized carbons (Fsp3) is 0.312. The van der Waals surface area contributed by atoms with Crippen molar-refractivity contribution in [2.24, 2.45) is 0 Å². The summed E-state index contributed by atoms with van der Waals surface area (Å²) < 4.78 is 0. The van der Waals surface area contributed by atoms with Gasteiger partial charge in [0, 0.05) is 10.6 Å². The molecule has 0 saturated heterocycles. The average Bonchev–Trinajstić information content (AvgIpc) is 2.45. The lowest BCUT2D eigenvalue weighted by Crippen LogP contribution is -2.13. The van der Waals surface area contributed by atoms with Crippen LogP contribution in [0, 0.1) is 6.92 Å². The zero-order chi connectivity index (χ0) is 15.6. The molecule has 0 saturated carbocycles. The van der Waals surface area contributed by atoms with Gasteiger partial charge in [-0.2, -0.15) is 0 Å². The zero-order valence-corrected chi connectivity index (χ0v) is 13.0. The molecule has 0 radical (unpaired) electrons. The predicted octanol–water partition coefficient (Wildman–Crippen LogP) is 4.32. The van der Waals surface area contributed by atoms with Crippen molar-refractivity contribution < 1.29 is 9.90 Å². The van der Waals surface area contributed by atoms with Gasteiger partial charge in [-0.1, -0.05) is 25.4 Å². The van der Waals surface area contributed by atoms with E-state index in [9.17, 15) is 9.90 Å². The quantitative estimate of drug-likeness (QED) is 0.913. The van der Waals surface area contributed by atoms with Crippen molar-refractivity contribution in [3.63, 3.8) is 0 Å². The lowest BCUT2D eigenvalue weighted by Gasteiger charge is -2.15. The van der Waals surface area contributed by atoms with Gasteiger partial charge in [0.25, 0.3) is 0 Å². The maximum absolute atomic E-state index is 11.5. The molecule has 2 aromatic rings. The smallest absolute Gasteiger partial charge is 0.339 e. The Hall–Kier alpha value is -1.94. The summed E-state index contributed by atoms with van der Waals surface area (Å²) in [6.07, 6.45) is 0.816. The van der Waals surface area contributed by atoms with Gasteiger partial charge in [0.15, 0.2) is 5.82 Å². The van der Waals surface area contributed by atoms with Crippen LogP contribution < -0.4 is 0 Å². The molecule has 0 bridgehead atoms. The summed E-state index contributed by atoms with van der Waals surface area (Å²) in [7, 11) is 0. The third kappa shape index (κ3) is 3.22. The maximum Gasteiger partial charge on any atom is 0.339 e. The first-order valence-corrected chi connectivity index (χ1v) is 7.19. The number of carbonyl (C=O) groups is 1. The molecule has 2 rings (SSSR count). The van der Waals surface area contributed by atoms with Crippen molar-refractivity contribution in [2.75, 3.05) is 0 Å². The molecule has 0 fully saturated rings. The Balaban J connectivity index is 2.62. The Morgan fingerprint density at radius 2 is 1.90 bits per heavy atom. The molecular formula is C16H17ClN2O2. The number of nitrogens with zero attached hydrogens (tertiary/aromatic N) is 2. The number of aromatic nitrogens is 2. The number of halogens is 1. The Morgan fingerprint density at radius 3 is 2.43 bits per heavy atom. The molecule has 1 aromatic heterocycles. The summed E-state index contributed by atoms with van der Waals surface area (Å²) in [4.78, 5) is 20.3. The number of benzene rings is 1. The van der Waals surface area contributed by atoms with Crippen LogP contribution in [-0.2, 0) is 0 Å². The van der Waals surface area contributed by atoms with E-state index in [1.54, 1.807) is 19.1 Å². The highest BCUT2D eigenvalue weighted by Gasteiger charge is 2.21. The number of carboxylic acids is 1. The van der Waals surface area contributed by atoms with Crippen molar-refractivity contribution in [3.05, 3.63) is 46.2 Å². The second kappa shape index (κ2) is 6.22. The summed E-state index contributed by atoms with van der Waals surface area (Å²) >= 11 is 5.88. The van der Waals surface area contributed by atoms with Gasteiger partial charge in [0.05, 0.1) is 11.4 Å². The third-order valence-corrected chi connectivity index (χ3v) is 3.77. The Kier molecular flexibility index (Phi) is 4.58. The molecule has 1 atom stereocenters. The van der Waals surface area contributed by atoms with Gasteiger partial charge in [0.1, 0.15) is 5.56 Å². The van der Waals surface area contributed by atoms with E-state index in [0.717, 1.165) is 12.0 Å². The average molecular weight is 305 g/mol. The van der Waals surface area contributed by atoms with Gasteiger partial charge in [-0.25, -0.2) is 14.8 Å². The summed E-state index contributed by atoms with van der Waals surface area (Å²) in [6, 6.07) is 7.20. The van der Waals surface area contributed by atoms with Gasteiger partial charge in [0.2, 0.25) is 0 Å². The molecule has 110 valence electrons. The molecule has 0 aliphatic carbocycles. The van der Waals surface area contributed by atoms with E-state index in [2.05, 4.69) is 9.97 Å². The Labute approximate surface area is 128 Å². The van der Waals surface area contributed by atoms with E-state index in [4.69, 9.17) is 11.6 Å². The second-order valence-electron chi connectivity index (χ2n) is 5.01. The molecule has 1 aromatic carbocycles. The minimum Gasteiger partial charge on any atom is -0.478 e. The molecule has 1 unspecified atom stereocenters. The van der Waals surface area contributed by atoms with Crippen molar-refractivity contribution >= 4 is 17.6 Å². The van der Waals surface area contributed by atoms with Crippen molar-refractivity contribution in [1.82, 2.24) is 9.97 Å². The monoisotopic (exact) mass is 304 g/mol. The highest BCUT2D eigenvalue weighted by atomic mass is 35.5. The summed E-state index contributed by atoms with van der Waals surface area (Å²) in [5.41, 5.74) is 2.10. The molecule has 1 N–H and O–H groups in total. The van der Waals surface area contributed by atoms with Gasteiger partial charge >= 0.3 is 5.97 Å². The highest BCUT2D eigenvalue weighted by molar-refractivity contribution is 6.30. The van der Waals surface area contributed by atoms with Gasteiger partial charge in [-0.3, -0.25) is 0 Å². The number of hydrogen-bond donors (Lipinski definition) is 1. The number of rotatable bonds is 4. The first kappa shape index (κ1) is 15.4. The lowest BCUT2D eigenvalue weighted by atomic mass is 9.98. The van der Waals surface area contributed by atoms with Crippen LogP contribution in [-0.4, -0.2) is 21.0 Å².